The summed E-state index contributed by atoms with van der Waals surface area (Å²) in [4.78, 5) is 8.79. The number of fused-ring (bicyclic) bond motifs is 1. The van der Waals surface area contributed by atoms with Crippen LogP contribution >= 0.6 is 15.9 Å². The summed E-state index contributed by atoms with van der Waals surface area (Å²) in [5.41, 5.74) is 14.3. The molecule has 0 bridgehead atoms. The minimum absolute atomic E-state index is 0.357. The van der Waals surface area contributed by atoms with Crippen molar-refractivity contribution in [2.75, 3.05) is 5.32 Å². The normalized spacial score (nSPS) is 14.1. The average molecular weight is 362 g/mol. The molecule has 22 heavy (non-hydrogen) atoms. The van der Waals surface area contributed by atoms with Crippen LogP contribution < -0.4 is 16.8 Å². The topological polar surface area (TPSA) is 89.8 Å². The number of nitrogens with one attached hydrogen (secondary N) is 1. The summed E-state index contributed by atoms with van der Waals surface area (Å²) < 4.78 is 0.887. The molecule has 0 amide bonds. The molecule has 1 unspecified atom stereocenters. The minimum Gasteiger partial charge on any atom is -0.404 e. The molecule has 2 aromatic rings. The van der Waals surface area contributed by atoms with Crippen molar-refractivity contribution in [3.05, 3.63) is 52.5 Å². The van der Waals surface area contributed by atoms with Gasteiger partial charge in [0.15, 0.2) is 0 Å². The Morgan fingerprint density at radius 1 is 1.41 bits per heavy atom. The lowest BCUT2D eigenvalue weighted by molar-refractivity contribution is 0.667. The third-order valence-electron chi connectivity index (χ3n) is 3.47. The smallest absolute Gasteiger partial charge is 0.132 e. The van der Waals surface area contributed by atoms with E-state index in [0.717, 1.165) is 27.5 Å². The van der Waals surface area contributed by atoms with Gasteiger partial charge in [-0.3, -0.25) is 4.98 Å². The number of aromatic nitrogens is 2. The van der Waals surface area contributed by atoms with Crippen molar-refractivity contribution in [2.24, 2.45) is 17.4 Å². The molecule has 0 radical (unpaired) electrons. The second-order valence-electron chi connectivity index (χ2n) is 5.09. The largest absolute Gasteiger partial charge is 0.404 e. The van der Waals surface area contributed by atoms with Crippen LogP contribution in [0.15, 0.2) is 52.5 Å². The number of rotatable bonds is 5. The lowest BCUT2D eigenvalue weighted by atomic mass is 9.99. The molecule has 0 aliphatic heterocycles. The van der Waals surface area contributed by atoms with E-state index in [2.05, 4.69) is 45.1 Å². The van der Waals surface area contributed by atoms with Crippen LogP contribution in [0.5, 0.6) is 0 Å². The summed E-state index contributed by atoms with van der Waals surface area (Å²) in [5.74, 6) is 1.53. The Morgan fingerprint density at radius 3 is 2.86 bits per heavy atom. The molecule has 2 rings (SSSR count). The molecule has 0 saturated carbocycles. The van der Waals surface area contributed by atoms with Crippen LogP contribution in [0.2, 0.25) is 0 Å². The van der Waals surface area contributed by atoms with Crippen molar-refractivity contribution in [2.45, 2.75) is 20.3 Å². The van der Waals surface area contributed by atoms with E-state index in [4.69, 9.17) is 11.5 Å². The molecule has 0 saturated heterocycles. The monoisotopic (exact) mass is 361 g/mol. The van der Waals surface area contributed by atoms with Gasteiger partial charge in [0.25, 0.3) is 0 Å². The molecule has 2 heterocycles. The summed E-state index contributed by atoms with van der Waals surface area (Å²) in [6.45, 7) is 4.22. The zero-order valence-corrected chi connectivity index (χ0v) is 14.3. The van der Waals surface area contributed by atoms with Gasteiger partial charge < -0.3 is 16.8 Å². The van der Waals surface area contributed by atoms with Crippen LogP contribution in [0.3, 0.4) is 0 Å². The van der Waals surface area contributed by atoms with Gasteiger partial charge in [-0.05, 0) is 64.3 Å². The summed E-state index contributed by atoms with van der Waals surface area (Å²) in [5, 5.41) is 3.09. The van der Waals surface area contributed by atoms with Gasteiger partial charge in [0.2, 0.25) is 0 Å². The number of hydrogen-bond acceptors (Lipinski definition) is 5. The van der Waals surface area contributed by atoms with Gasteiger partial charge in [-0.2, -0.15) is 0 Å². The van der Waals surface area contributed by atoms with Crippen molar-refractivity contribution in [3.63, 3.8) is 0 Å². The number of pyridine rings is 2. The number of allylic oxidation sites excluding steroid dienone is 2. The van der Waals surface area contributed by atoms with E-state index in [9.17, 15) is 0 Å². The van der Waals surface area contributed by atoms with Gasteiger partial charge in [-0.25, -0.2) is 4.98 Å². The third kappa shape index (κ3) is 3.98. The van der Waals surface area contributed by atoms with Crippen molar-refractivity contribution in [1.82, 2.24) is 9.97 Å². The maximum absolute atomic E-state index is 6.04. The first-order chi connectivity index (χ1) is 10.5. The Bertz CT molecular complexity index is 724. The molecular weight excluding hydrogens is 342 g/mol. The van der Waals surface area contributed by atoms with Gasteiger partial charge in [-0.1, -0.05) is 13.8 Å². The van der Waals surface area contributed by atoms with E-state index in [1.54, 1.807) is 12.4 Å². The Morgan fingerprint density at radius 2 is 2.18 bits per heavy atom. The van der Waals surface area contributed by atoms with Crippen LogP contribution in [0.4, 0.5) is 5.82 Å². The highest BCUT2D eigenvalue weighted by Crippen LogP contribution is 2.19. The molecule has 116 valence electrons. The second kappa shape index (κ2) is 7.26. The summed E-state index contributed by atoms with van der Waals surface area (Å²) in [6.07, 6.45) is 6.19. The number of hydrogen-bond donors (Lipinski definition) is 3. The zero-order valence-electron chi connectivity index (χ0n) is 12.7. The summed E-state index contributed by atoms with van der Waals surface area (Å²) >= 11 is 3.39. The Labute approximate surface area is 138 Å². The van der Waals surface area contributed by atoms with Gasteiger partial charge in [0.1, 0.15) is 11.6 Å². The fraction of sp³-hybridized carbons (Fsp3) is 0.250. The minimum atomic E-state index is 0.357. The van der Waals surface area contributed by atoms with Crippen molar-refractivity contribution < 1.29 is 0 Å². The molecule has 0 fully saturated rings. The van der Waals surface area contributed by atoms with Gasteiger partial charge in [0.05, 0.1) is 11.0 Å². The average Bonchev–Trinajstić information content (AvgIpc) is 2.51. The van der Waals surface area contributed by atoms with Gasteiger partial charge >= 0.3 is 0 Å². The Balaban J connectivity index is 2.22. The van der Waals surface area contributed by atoms with E-state index in [1.165, 1.54) is 0 Å². The van der Waals surface area contributed by atoms with E-state index in [1.807, 2.05) is 24.3 Å². The SMILES string of the molecule is CCC(C)C(=C/N)/C=C(\N)Nc1ccc2ncc(Br)cc2n1. The lowest BCUT2D eigenvalue weighted by Crippen LogP contribution is -2.12. The van der Waals surface area contributed by atoms with E-state index in [-0.39, 0.29) is 0 Å². The molecule has 0 aliphatic rings. The van der Waals surface area contributed by atoms with Crippen molar-refractivity contribution in [1.29, 1.82) is 0 Å². The maximum atomic E-state index is 6.04. The van der Waals surface area contributed by atoms with Crippen LogP contribution in [0, 0.1) is 5.92 Å². The molecule has 0 aliphatic carbocycles. The Hall–Kier alpha value is -2.08. The maximum Gasteiger partial charge on any atom is 0.132 e. The second-order valence-corrected chi connectivity index (χ2v) is 6.00. The molecule has 6 heteroatoms. The van der Waals surface area contributed by atoms with E-state index >= 15 is 0 Å². The molecule has 5 nitrogen and oxygen atoms in total. The first kappa shape index (κ1) is 16.3. The number of nitrogens with zero attached hydrogens (tertiary/aromatic N) is 2. The predicted molar refractivity (Wildman–Crippen MR) is 94.9 cm³/mol. The highest BCUT2D eigenvalue weighted by atomic mass is 79.9. The van der Waals surface area contributed by atoms with Crippen LogP contribution in [0.1, 0.15) is 20.3 Å². The van der Waals surface area contributed by atoms with Crippen LogP contribution in [-0.4, -0.2) is 9.97 Å². The number of anilines is 1. The van der Waals surface area contributed by atoms with Crippen molar-refractivity contribution in [3.8, 4) is 0 Å². The Kier molecular flexibility index (Phi) is 5.38. The summed E-state index contributed by atoms with van der Waals surface area (Å²) in [7, 11) is 0. The summed E-state index contributed by atoms with van der Waals surface area (Å²) in [6, 6.07) is 5.66. The van der Waals surface area contributed by atoms with E-state index < -0.39 is 0 Å². The molecule has 0 spiro atoms. The first-order valence-corrected chi connectivity index (χ1v) is 7.91. The first-order valence-electron chi connectivity index (χ1n) is 7.11. The highest BCUT2D eigenvalue weighted by Gasteiger charge is 2.05. The van der Waals surface area contributed by atoms with Gasteiger partial charge in [-0.15, -0.1) is 0 Å². The fourth-order valence-corrected chi connectivity index (χ4v) is 2.32. The molecule has 0 aromatic carbocycles. The van der Waals surface area contributed by atoms with Crippen molar-refractivity contribution >= 4 is 32.8 Å². The molecule has 2 aromatic heterocycles. The molecule has 5 N–H and O–H groups in total. The molecular formula is C16H20BrN5. The van der Waals surface area contributed by atoms with Crippen LogP contribution in [0.25, 0.3) is 11.0 Å². The highest BCUT2D eigenvalue weighted by molar-refractivity contribution is 9.10. The standard InChI is InChI=1S/C16H20BrN5/c1-3-10(2)11(8-18)6-15(19)22-16-5-4-13-14(21-16)7-12(17)9-20-13/h4-10H,3,18-19H2,1-2H3,(H,21,22)/b11-8+,15-6+. The van der Waals surface area contributed by atoms with Crippen LogP contribution in [-0.2, 0) is 0 Å². The quantitative estimate of drug-likeness (QED) is 0.709. The van der Waals surface area contributed by atoms with E-state index in [0.29, 0.717) is 17.6 Å². The third-order valence-corrected chi connectivity index (χ3v) is 3.91. The number of nitrogens with two attached hydrogens (primary N) is 2. The zero-order chi connectivity index (χ0) is 16.1. The lowest BCUT2D eigenvalue weighted by Gasteiger charge is -2.12. The van der Waals surface area contributed by atoms with Gasteiger partial charge in [0, 0.05) is 10.7 Å². The fourth-order valence-electron chi connectivity index (χ4n) is 2.01. The molecule has 1 atom stereocenters. The number of halogens is 1. The predicted octanol–water partition coefficient (Wildman–Crippen LogP) is 3.49.